The van der Waals surface area contributed by atoms with Crippen LogP contribution in [-0.4, -0.2) is 14.5 Å². The molecule has 22 heavy (non-hydrogen) atoms. The zero-order valence-corrected chi connectivity index (χ0v) is 13.0. The molecule has 0 radical (unpaired) electrons. The third-order valence-corrected chi connectivity index (χ3v) is 5.17. The fourth-order valence-electron chi connectivity index (χ4n) is 2.56. The second-order valence-electron chi connectivity index (χ2n) is 5.34. The first-order valence-corrected chi connectivity index (χ1v) is 8.56. The summed E-state index contributed by atoms with van der Waals surface area (Å²) in [5.74, 6) is 0. The van der Waals surface area contributed by atoms with E-state index in [2.05, 4.69) is 4.72 Å². The Morgan fingerprint density at radius 1 is 1.09 bits per heavy atom. The van der Waals surface area contributed by atoms with Crippen molar-refractivity contribution in [2.45, 2.75) is 24.3 Å². The van der Waals surface area contributed by atoms with E-state index in [1.807, 2.05) is 43.3 Å². The highest BCUT2D eigenvalue weighted by Gasteiger charge is 2.20. The molecular weight excluding hydrogens is 298 g/mol. The van der Waals surface area contributed by atoms with E-state index < -0.39 is 10.0 Å². The van der Waals surface area contributed by atoms with E-state index in [0.717, 1.165) is 16.3 Å². The van der Waals surface area contributed by atoms with Crippen molar-refractivity contribution < 1.29 is 12.8 Å². The molecule has 1 N–H and O–H groups in total. The van der Waals surface area contributed by atoms with Gasteiger partial charge >= 0.3 is 0 Å². The molecular formula is C17H17NO3S. The standard InChI is InChI=1S/C17H17NO3S/c1-13(11-14-9-10-21-12-14)18-22(19,20)17-8-4-6-15-5-2-3-7-16(15)17/h2-10,12-13,18H,11H2,1H3. The van der Waals surface area contributed by atoms with Gasteiger partial charge in [-0.2, -0.15) is 0 Å². The highest BCUT2D eigenvalue weighted by atomic mass is 32.2. The topological polar surface area (TPSA) is 59.3 Å². The van der Waals surface area contributed by atoms with Crippen LogP contribution in [0.25, 0.3) is 10.8 Å². The maximum absolute atomic E-state index is 12.7. The fourth-order valence-corrected chi connectivity index (χ4v) is 4.04. The molecule has 0 saturated carbocycles. The van der Waals surface area contributed by atoms with Crippen LogP contribution in [0.15, 0.2) is 70.4 Å². The van der Waals surface area contributed by atoms with E-state index in [1.54, 1.807) is 24.7 Å². The summed E-state index contributed by atoms with van der Waals surface area (Å²) < 4.78 is 33.0. The summed E-state index contributed by atoms with van der Waals surface area (Å²) >= 11 is 0. The second kappa shape index (κ2) is 5.94. The van der Waals surface area contributed by atoms with Crippen LogP contribution in [0, 0.1) is 0 Å². The van der Waals surface area contributed by atoms with Crippen molar-refractivity contribution in [1.82, 2.24) is 4.72 Å². The molecule has 0 aliphatic rings. The SMILES string of the molecule is CC(Cc1ccoc1)NS(=O)(=O)c1cccc2ccccc12. The van der Waals surface area contributed by atoms with Gasteiger partial charge in [-0.25, -0.2) is 13.1 Å². The number of hydrogen-bond donors (Lipinski definition) is 1. The Bertz CT molecular complexity index is 865. The summed E-state index contributed by atoms with van der Waals surface area (Å²) in [5, 5.41) is 1.64. The van der Waals surface area contributed by atoms with Gasteiger partial charge in [0.25, 0.3) is 0 Å². The Kier molecular flexibility index (Phi) is 4.00. The van der Waals surface area contributed by atoms with Crippen LogP contribution in [0.1, 0.15) is 12.5 Å². The molecule has 0 aliphatic carbocycles. The van der Waals surface area contributed by atoms with Gasteiger partial charge in [0.15, 0.2) is 0 Å². The van der Waals surface area contributed by atoms with Crippen LogP contribution in [0.2, 0.25) is 0 Å². The normalized spacial score (nSPS) is 13.3. The Morgan fingerprint density at radius 3 is 2.64 bits per heavy atom. The minimum Gasteiger partial charge on any atom is -0.472 e. The van der Waals surface area contributed by atoms with E-state index in [9.17, 15) is 8.42 Å². The van der Waals surface area contributed by atoms with Crippen LogP contribution >= 0.6 is 0 Å². The monoisotopic (exact) mass is 315 g/mol. The van der Waals surface area contributed by atoms with E-state index in [1.165, 1.54) is 0 Å². The number of furan rings is 1. The summed E-state index contributed by atoms with van der Waals surface area (Å²) in [6.45, 7) is 1.84. The maximum Gasteiger partial charge on any atom is 0.241 e. The molecule has 1 unspecified atom stereocenters. The average Bonchev–Trinajstić information content (AvgIpc) is 2.98. The van der Waals surface area contributed by atoms with Crippen molar-refractivity contribution in [2.75, 3.05) is 0 Å². The smallest absolute Gasteiger partial charge is 0.241 e. The van der Waals surface area contributed by atoms with Gasteiger partial charge in [-0.3, -0.25) is 0 Å². The van der Waals surface area contributed by atoms with Crippen LogP contribution in [0.5, 0.6) is 0 Å². The quantitative estimate of drug-likeness (QED) is 0.785. The molecule has 0 amide bonds. The van der Waals surface area contributed by atoms with Crippen molar-refractivity contribution >= 4 is 20.8 Å². The van der Waals surface area contributed by atoms with Gasteiger partial charge < -0.3 is 4.42 Å². The minimum atomic E-state index is -3.57. The molecule has 1 atom stereocenters. The molecule has 0 aliphatic heterocycles. The van der Waals surface area contributed by atoms with Crippen LogP contribution in [0.4, 0.5) is 0 Å². The number of rotatable bonds is 5. The van der Waals surface area contributed by atoms with Crippen LogP contribution in [-0.2, 0) is 16.4 Å². The molecule has 1 aromatic heterocycles. The molecule has 0 saturated heterocycles. The molecule has 5 heteroatoms. The summed E-state index contributed by atoms with van der Waals surface area (Å²) in [7, 11) is -3.57. The van der Waals surface area contributed by atoms with Gasteiger partial charge in [-0.1, -0.05) is 36.4 Å². The molecule has 0 fully saturated rings. The first-order valence-electron chi connectivity index (χ1n) is 7.07. The third kappa shape index (κ3) is 3.05. The number of fused-ring (bicyclic) bond motifs is 1. The van der Waals surface area contributed by atoms with Crippen molar-refractivity contribution in [2.24, 2.45) is 0 Å². The van der Waals surface area contributed by atoms with Crippen LogP contribution < -0.4 is 4.72 Å². The third-order valence-electron chi connectivity index (χ3n) is 3.52. The van der Waals surface area contributed by atoms with Crippen molar-refractivity contribution in [3.8, 4) is 0 Å². The van der Waals surface area contributed by atoms with Gasteiger partial charge in [0.1, 0.15) is 0 Å². The van der Waals surface area contributed by atoms with E-state index in [0.29, 0.717) is 11.3 Å². The molecule has 1 heterocycles. The Hall–Kier alpha value is -2.11. The zero-order valence-electron chi connectivity index (χ0n) is 12.2. The van der Waals surface area contributed by atoms with Gasteiger partial charge in [0, 0.05) is 11.4 Å². The summed E-state index contributed by atoms with van der Waals surface area (Å²) in [5.41, 5.74) is 0.966. The van der Waals surface area contributed by atoms with Crippen molar-refractivity contribution in [3.05, 3.63) is 66.6 Å². The first-order chi connectivity index (χ1) is 10.6. The van der Waals surface area contributed by atoms with Gasteiger partial charge in [-0.05, 0) is 36.4 Å². The maximum atomic E-state index is 12.7. The van der Waals surface area contributed by atoms with E-state index in [-0.39, 0.29) is 6.04 Å². The van der Waals surface area contributed by atoms with Crippen molar-refractivity contribution in [3.63, 3.8) is 0 Å². The molecule has 4 nitrogen and oxygen atoms in total. The predicted octanol–water partition coefficient (Wildman–Crippen LogP) is 3.34. The van der Waals surface area contributed by atoms with Crippen LogP contribution in [0.3, 0.4) is 0 Å². The van der Waals surface area contributed by atoms with Gasteiger partial charge in [0.05, 0.1) is 17.4 Å². The van der Waals surface area contributed by atoms with E-state index in [4.69, 9.17) is 4.42 Å². The minimum absolute atomic E-state index is 0.221. The Morgan fingerprint density at radius 2 is 1.86 bits per heavy atom. The number of sulfonamides is 1. The fraction of sp³-hybridized carbons (Fsp3) is 0.176. The zero-order chi connectivity index (χ0) is 15.6. The average molecular weight is 315 g/mol. The lowest BCUT2D eigenvalue weighted by molar-refractivity contribution is 0.549. The highest BCUT2D eigenvalue weighted by Crippen LogP contribution is 2.23. The van der Waals surface area contributed by atoms with Gasteiger partial charge in [0.2, 0.25) is 10.0 Å². The molecule has 3 rings (SSSR count). The first kappa shape index (κ1) is 14.8. The predicted molar refractivity (Wildman–Crippen MR) is 86.1 cm³/mol. The number of nitrogens with one attached hydrogen (secondary N) is 1. The second-order valence-corrected chi connectivity index (χ2v) is 7.02. The largest absolute Gasteiger partial charge is 0.472 e. The lowest BCUT2D eigenvalue weighted by atomic mass is 10.1. The Balaban J connectivity index is 1.88. The lowest BCUT2D eigenvalue weighted by Gasteiger charge is -2.14. The highest BCUT2D eigenvalue weighted by molar-refractivity contribution is 7.89. The van der Waals surface area contributed by atoms with E-state index >= 15 is 0 Å². The Labute approximate surface area is 129 Å². The molecule has 3 aromatic rings. The summed E-state index contributed by atoms with van der Waals surface area (Å²) in [6.07, 6.45) is 3.80. The van der Waals surface area contributed by atoms with Gasteiger partial charge in [-0.15, -0.1) is 0 Å². The molecule has 2 aromatic carbocycles. The summed E-state index contributed by atoms with van der Waals surface area (Å²) in [4.78, 5) is 0.310. The molecule has 0 spiro atoms. The lowest BCUT2D eigenvalue weighted by Crippen LogP contribution is -2.34. The molecule has 0 bridgehead atoms. The number of benzene rings is 2. The molecule has 114 valence electrons. The van der Waals surface area contributed by atoms with Crippen molar-refractivity contribution in [1.29, 1.82) is 0 Å². The number of hydrogen-bond acceptors (Lipinski definition) is 3. The summed E-state index contributed by atoms with van der Waals surface area (Å²) in [6, 6.07) is 14.4.